The normalized spacial score (nSPS) is 15.1. The van der Waals surface area contributed by atoms with E-state index in [1.165, 1.54) is 5.56 Å². The number of phenolic OH excluding ortho intramolecular Hbond substituents is 1. The van der Waals surface area contributed by atoms with E-state index in [-0.39, 0.29) is 0 Å². The lowest BCUT2D eigenvalue weighted by Gasteiger charge is -2.10. The summed E-state index contributed by atoms with van der Waals surface area (Å²) < 4.78 is 0. The summed E-state index contributed by atoms with van der Waals surface area (Å²) in [6, 6.07) is 5.85. The highest BCUT2D eigenvalue weighted by atomic mass is 16.3. The van der Waals surface area contributed by atoms with Gasteiger partial charge in [-0.3, -0.25) is 0 Å². The molecule has 0 bridgehead atoms. The van der Waals surface area contributed by atoms with Gasteiger partial charge in [-0.1, -0.05) is 31.2 Å². The van der Waals surface area contributed by atoms with Crippen molar-refractivity contribution in [1.29, 1.82) is 0 Å². The van der Waals surface area contributed by atoms with E-state index in [9.17, 15) is 5.11 Å². The maximum Gasteiger partial charge on any atom is 0.123 e. The van der Waals surface area contributed by atoms with Gasteiger partial charge in [0.05, 0.1) is 0 Å². The molecule has 0 radical (unpaired) electrons. The first kappa shape index (κ1) is 10.0. The lowest BCUT2D eigenvalue weighted by molar-refractivity contribution is 0.473. The molecule has 1 aliphatic carbocycles. The Morgan fingerprint density at radius 1 is 1.27 bits per heavy atom. The Morgan fingerprint density at radius 3 is 2.80 bits per heavy atom. The monoisotopic (exact) mass is 200 g/mol. The zero-order valence-corrected chi connectivity index (χ0v) is 9.03. The number of benzene rings is 1. The molecule has 1 heteroatoms. The molecule has 0 atom stereocenters. The Labute approximate surface area is 90.8 Å². The lowest BCUT2D eigenvalue weighted by atomic mass is 9.96. The third-order valence-electron chi connectivity index (χ3n) is 2.78. The van der Waals surface area contributed by atoms with Crippen LogP contribution in [0, 0.1) is 0 Å². The van der Waals surface area contributed by atoms with Gasteiger partial charge in [0.2, 0.25) is 0 Å². The second kappa shape index (κ2) is 4.35. The van der Waals surface area contributed by atoms with Gasteiger partial charge in [-0.2, -0.15) is 0 Å². The Kier molecular flexibility index (Phi) is 2.91. The molecule has 0 amide bonds. The number of allylic oxidation sites excluding steroid dienone is 4. The maximum absolute atomic E-state index is 9.81. The second-order valence-corrected chi connectivity index (χ2v) is 3.84. The van der Waals surface area contributed by atoms with Crippen molar-refractivity contribution in [2.75, 3.05) is 0 Å². The van der Waals surface area contributed by atoms with Crippen LogP contribution in [0.1, 0.15) is 30.9 Å². The van der Waals surface area contributed by atoms with Crippen molar-refractivity contribution in [3.63, 3.8) is 0 Å². The fourth-order valence-corrected chi connectivity index (χ4v) is 1.85. The molecule has 0 spiro atoms. The summed E-state index contributed by atoms with van der Waals surface area (Å²) in [5.74, 6) is 0.380. The first-order chi connectivity index (χ1) is 7.31. The molecule has 78 valence electrons. The minimum Gasteiger partial charge on any atom is -0.507 e. The summed E-state index contributed by atoms with van der Waals surface area (Å²) in [6.07, 6.45) is 9.63. The van der Waals surface area contributed by atoms with Crippen LogP contribution in [-0.2, 0) is 6.42 Å². The molecule has 0 saturated heterocycles. The van der Waals surface area contributed by atoms with E-state index >= 15 is 0 Å². The quantitative estimate of drug-likeness (QED) is 0.772. The van der Waals surface area contributed by atoms with E-state index in [0.29, 0.717) is 5.75 Å². The van der Waals surface area contributed by atoms with Gasteiger partial charge in [0.1, 0.15) is 5.75 Å². The molecular weight excluding hydrogens is 184 g/mol. The van der Waals surface area contributed by atoms with Crippen LogP contribution in [0.3, 0.4) is 0 Å². The molecule has 1 aromatic rings. The average molecular weight is 200 g/mol. The molecule has 0 unspecified atom stereocenters. The molecule has 1 aliphatic rings. The zero-order chi connectivity index (χ0) is 10.7. The van der Waals surface area contributed by atoms with E-state index in [1.54, 1.807) is 6.07 Å². The SMILES string of the molecule is CCc1ccc(O)c(C2=CCCC=C2)c1. The smallest absolute Gasteiger partial charge is 0.123 e. The molecule has 0 saturated carbocycles. The van der Waals surface area contributed by atoms with Crippen molar-refractivity contribution >= 4 is 5.57 Å². The summed E-state index contributed by atoms with van der Waals surface area (Å²) in [6.45, 7) is 2.13. The van der Waals surface area contributed by atoms with Crippen LogP contribution in [0.2, 0.25) is 0 Å². The number of phenols is 1. The van der Waals surface area contributed by atoms with E-state index in [4.69, 9.17) is 0 Å². The van der Waals surface area contributed by atoms with E-state index in [1.807, 2.05) is 6.07 Å². The van der Waals surface area contributed by atoms with Crippen LogP contribution in [0.5, 0.6) is 5.75 Å². The number of rotatable bonds is 2. The Balaban J connectivity index is 2.42. The molecule has 0 aromatic heterocycles. The molecular formula is C14H16O. The molecule has 1 N–H and O–H groups in total. The van der Waals surface area contributed by atoms with Gasteiger partial charge in [0.25, 0.3) is 0 Å². The second-order valence-electron chi connectivity index (χ2n) is 3.84. The van der Waals surface area contributed by atoms with Gasteiger partial charge in [0, 0.05) is 5.56 Å². The number of hydrogen-bond donors (Lipinski definition) is 1. The van der Waals surface area contributed by atoms with E-state index in [0.717, 1.165) is 30.4 Å². The minimum atomic E-state index is 0.380. The van der Waals surface area contributed by atoms with E-state index < -0.39 is 0 Å². The van der Waals surface area contributed by atoms with Crippen molar-refractivity contribution in [2.45, 2.75) is 26.2 Å². The van der Waals surface area contributed by atoms with Crippen molar-refractivity contribution in [3.05, 3.63) is 47.6 Å². The molecule has 0 heterocycles. The van der Waals surface area contributed by atoms with Gasteiger partial charge < -0.3 is 5.11 Å². The van der Waals surface area contributed by atoms with Gasteiger partial charge in [-0.15, -0.1) is 0 Å². The third-order valence-corrected chi connectivity index (χ3v) is 2.78. The molecule has 15 heavy (non-hydrogen) atoms. The van der Waals surface area contributed by atoms with Crippen LogP contribution in [0.25, 0.3) is 5.57 Å². The largest absolute Gasteiger partial charge is 0.507 e. The summed E-state index contributed by atoms with van der Waals surface area (Å²) in [4.78, 5) is 0. The summed E-state index contributed by atoms with van der Waals surface area (Å²) in [7, 11) is 0. The Hall–Kier alpha value is -1.50. The maximum atomic E-state index is 9.81. The molecule has 1 nitrogen and oxygen atoms in total. The summed E-state index contributed by atoms with van der Waals surface area (Å²) in [5, 5.41) is 9.81. The van der Waals surface area contributed by atoms with Crippen LogP contribution in [0.15, 0.2) is 36.4 Å². The van der Waals surface area contributed by atoms with Gasteiger partial charge in [-0.05, 0) is 42.5 Å². The fourth-order valence-electron chi connectivity index (χ4n) is 1.85. The highest BCUT2D eigenvalue weighted by Crippen LogP contribution is 2.29. The van der Waals surface area contributed by atoms with Crippen LogP contribution in [-0.4, -0.2) is 5.11 Å². The first-order valence-corrected chi connectivity index (χ1v) is 5.50. The Bertz CT molecular complexity index is 413. The first-order valence-electron chi connectivity index (χ1n) is 5.50. The number of hydrogen-bond acceptors (Lipinski definition) is 1. The number of aryl methyl sites for hydroxylation is 1. The molecule has 1 aromatic carbocycles. The zero-order valence-electron chi connectivity index (χ0n) is 9.03. The van der Waals surface area contributed by atoms with Gasteiger partial charge in [-0.25, -0.2) is 0 Å². The lowest BCUT2D eigenvalue weighted by Crippen LogP contribution is -1.89. The topological polar surface area (TPSA) is 20.2 Å². The third kappa shape index (κ3) is 2.12. The predicted octanol–water partition coefficient (Wildman–Crippen LogP) is 3.69. The van der Waals surface area contributed by atoms with Crippen LogP contribution < -0.4 is 0 Å². The predicted molar refractivity (Wildman–Crippen MR) is 63.8 cm³/mol. The minimum absolute atomic E-state index is 0.380. The fraction of sp³-hybridized carbons (Fsp3) is 0.286. The van der Waals surface area contributed by atoms with Crippen molar-refractivity contribution < 1.29 is 5.11 Å². The molecule has 2 rings (SSSR count). The van der Waals surface area contributed by atoms with Crippen molar-refractivity contribution in [1.82, 2.24) is 0 Å². The van der Waals surface area contributed by atoms with Gasteiger partial charge in [0.15, 0.2) is 0 Å². The van der Waals surface area contributed by atoms with Crippen LogP contribution >= 0.6 is 0 Å². The molecule has 0 aliphatic heterocycles. The van der Waals surface area contributed by atoms with E-state index in [2.05, 4.69) is 31.2 Å². The Morgan fingerprint density at radius 2 is 2.13 bits per heavy atom. The summed E-state index contributed by atoms with van der Waals surface area (Å²) >= 11 is 0. The summed E-state index contributed by atoms with van der Waals surface area (Å²) in [5.41, 5.74) is 3.38. The van der Waals surface area contributed by atoms with Crippen molar-refractivity contribution in [3.8, 4) is 5.75 Å². The standard InChI is InChI=1S/C14H16O/c1-2-11-8-9-14(15)13(10-11)12-6-4-3-5-7-12/h4,6-10,15H,2-3,5H2,1H3. The number of aromatic hydroxyl groups is 1. The van der Waals surface area contributed by atoms with Gasteiger partial charge >= 0.3 is 0 Å². The van der Waals surface area contributed by atoms with Crippen molar-refractivity contribution in [2.24, 2.45) is 0 Å². The average Bonchev–Trinajstić information content (AvgIpc) is 2.31. The highest BCUT2D eigenvalue weighted by Gasteiger charge is 2.07. The molecule has 0 fully saturated rings. The highest BCUT2D eigenvalue weighted by molar-refractivity contribution is 5.78. The van der Waals surface area contributed by atoms with Crippen LogP contribution in [0.4, 0.5) is 0 Å².